The molecule has 0 unspecified atom stereocenters. The standard InChI is InChI=1S/C17H19N3O3/c1-3-20-15(9-11(2)18-20)16(21)19-8-7-12-5-4-6-13(17(22)23)14(12)10-19/h4-6,9H,3,7-8,10H2,1-2H3,(H,22,23). The molecule has 1 amide bonds. The van der Waals surface area contributed by atoms with Crippen LogP contribution in [-0.4, -0.2) is 38.2 Å². The normalized spacial score (nSPS) is 13.7. The maximum atomic E-state index is 12.8. The molecule has 0 bridgehead atoms. The van der Waals surface area contributed by atoms with E-state index in [1.807, 2.05) is 19.9 Å². The second kappa shape index (κ2) is 5.87. The second-order valence-electron chi connectivity index (χ2n) is 5.71. The molecular formula is C17H19N3O3. The van der Waals surface area contributed by atoms with Crippen molar-refractivity contribution < 1.29 is 14.7 Å². The molecule has 1 N–H and O–H groups in total. The van der Waals surface area contributed by atoms with Gasteiger partial charge in [0.1, 0.15) is 5.69 Å². The van der Waals surface area contributed by atoms with Crippen LogP contribution in [0, 0.1) is 6.92 Å². The van der Waals surface area contributed by atoms with E-state index in [1.54, 1.807) is 27.8 Å². The molecule has 0 radical (unpaired) electrons. The molecule has 1 aliphatic rings. The van der Waals surface area contributed by atoms with E-state index in [4.69, 9.17) is 0 Å². The number of carboxylic acid groups (broad SMARTS) is 1. The molecule has 0 aliphatic carbocycles. The molecule has 120 valence electrons. The van der Waals surface area contributed by atoms with Crippen molar-refractivity contribution in [3.8, 4) is 0 Å². The molecule has 23 heavy (non-hydrogen) atoms. The Kier molecular flexibility index (Phi) is 3.90. The van der Waals surface area contributed by atoms with Crippen molar-refractivity contribution in [2.24, 2.45) is 0 Å². The van der Waals surface area contributed by atoms with Gasteiger partial charge in [0.15, 0.2) is 0 Å². The number of rotatable bonds is 3. The van der Waals surface area contributed by atoms with E-state index in [2.05, 4.69) is 5.10 Å². The van der Waals surface area contributed by atoms with Crippen LogP contribution in [0.1, 0.15) is 44.6 Å². The van der Waals surface area contributed by atoms with E-state index in [0.29, 0.717) is 31.7 Å². The largest absolute Gasteiger partial charge is 0.478 e. The van der Waals surface area contributed by atoms with Crippen LogP contribution in [0.2, 0.25) is 0 Å². The van der Waals surface area contributed by atoms with Gasteiger partial charge in [0.05, 0.1) is 11.3 Å². The number of carboxylic acids is 1. The van der Waals surface area contributed by atoms with Crippen LogP contribution >= 0.6 is 0 Å². The summed E-state index contributed by atoms with van der Waals surface area (Å²) in [5, 5.41) is 13.7. The highest BCUT2D eigenvalue weighted by molar-refractivity contribution is 5.94. The maximum Gasteiger partial charge on any atom is 0.336 e. The van der Waals surface area contributed by atoms with Crippen molar-refractivity contribution in [3.05, 3.63) is 52.3 Å². The topological polar surface area (TPSA) is 75.4 Å². The lowest BCUT2D eigenvalue weighted by atomic mass is 9.94. The fraction of sp³-hybridized carbons (Fsp3) is 0.353. The quantitative estimate of drug-likeness (QED) is 0.941. The lowest BCUT2D eigenvalue weighted by Gasteiger charge is -2.29. The summed E-state index contributed by atoms with van der Waals surface area (Å²) in [4.78, 5) is 25.9. The van der Waals surface area contributed by atoms with Gasteiger partial charge in [-0.1, -0.05) is 12.1 Å². The van der Waals surface area contributed by atoms with E-state index < -0.39 is 5.97 Å². The highest BCUT2D eigenvalue weighted by Gasteiger charge is 2.27. The first-order chi connectivity index (χ1) is 11.0. The number of aryl methyl sites for hydroxylation is 2. The van der Waals surface area contributed by atoms with E-state index in [1.165, 1.54) is 0 Å². The van der Waals surface area contributed by atoms with Gasteiger partial charge in [-0.3, -0.25) is 9.48 Å². The number of fused-ring (bicyclic) bond motifs is 1. The average Bonchev–Trinajstić information content (AvgIpc) is 2.93. The lowest BCUT2D eigenvalue weighted by molar-refractivity contribution is 0.0674. The average molecular weight is 313 g/mol. The third-order valence-electron chi connectivity index (χ3n) is 4.21. The lowest BCUT2D eigenvalue weighted by Crippen LogP contribution is -2.37. The van der Waals surface area contributed by atoms with Crippen molar-refractivity contribution in [2.45, 2.75) is 33.4 Å². The fourth-order valence-corrected chi connectivity index (χ4v) is 3.08. The van der Waals surface area contributed by atoms with E-state index in [-0.39, 0.29) is 11.5 Å². The molecule has 1 aliphatic heterocycles. The number of hydrogen-bond acceptors (Lipinski definition) is 3. The Labute approximate surface area is 134 Å². The molecule has 0 atom stereocenters. The minimum Gasteiger partial charge on any atom is -0.478 e. The summed E-state index contributed by atoms with van der Waals surface area (Å²) in [6, 6.07) is 7.07. The summed E-state index contributed by atoms with van der Waals surface area (Å²) >= 11 is 0. The summed E-state index contributed by atoms with van der Waals surface area (Å²) in [7, 11) is 0. The van der Waals surface area contributed by atoms with Crippen molar-refractivity contribution in [1.82, 2.24) is 14.7 Å². The first-order valence-corrected chi connectivity index (χ1v) is 7.69. The number of aromatic nitrogens is 2. The van der Waals surface area contributed by atoms with Crippen molar-refractivity contribution in [3.63, 3.8) is 0 Å². The molecule has 0 saturated heterocycles. The monoisotopic (exact) mass is 313 g/mol. The van der Waals surface area contributed by atoms with E-state index >= 15 is 0 Å². The summed E-state index contributed by atoms with van der Waals surface area (Å²) < 4.78 is 1.69. The van der Waals surface area contributed by atoms with Gasteiger partial charge in [-0.2, -0.15) is 5.10 Å². The Morgan fingerprint density at radius 1 is 1.35 bits per heavy atom. The highest BCUT2D eigenvalue weighted by atomic mass is 16.4. The number of carbonyl (C=O) groups excluding carboxylic acids is 1. The van der Waals surface area contributed by atoms with Crippen molar-refractivity contribution >= 4 is 11.9 Å². The Hall–Kier alpha value is -2.63. The molecule has 1 aromatic carbocycles. The van der Waals surface area contributed by atoms with Crippen LogP contribution < -0.4 is 0 Å². The Morgan fingerprint density at radius 3 is 2.83 bits per heavy atom. The van der Waals surface area contributed by atoms with Crippen LogP contribution in [0.25, 0.3) is 0 Å². The van der Waals surface area contributed by atoms with Crippen LogP contribution in [0.3, 0.4) is 0 Å². The summed E-state index contributed by atoms with van der Waals surface area (Å²) in [6.07, 6.45) is 0.668. The van der Waals surface area contributed by atoms with Crippen molar-refractivity contribution in [2.75, 3.05) is 6.54 Å². The molecular weight excluding hydrogens is 294 g/mol. The molecule has 0 saturated carbocycles. The minimum absolute atomic E-state index is 0.0988. The number of amides is 1. The summed E-state index contributed by atoms with van der Waals surface area (Å²) in [6.45, 7) is 5.33. The first kappa shape index (κ1) is 15.3. The molecule has 6 nitrogen and oxygen atoms in total. The van der Waals surface area contributed by atoms with Gasteiger partial charge in [0, 0.05) is 19.6 Å². The smallest absolute Gasteiger partial charge is 0.336 e. The second-order valence-corrected chi connectivity index (χ2v) is 5.71. The molecule has 1 aromatic heterocycles. The number of hydrogen-bond donors (Lipinski definition) is 1. The van der Waals surface area contributed by atoms with Gasteiger partial charge in [0.25, 0.3) is 5.91 Å². The molecule has 0 spiro atoms. The zero-order chi connectivity index (χ0) is 16.6. The van der Waals surface area contributed by atoms with Crippen LogP contribution in [0.5, 0.6) is 0 Å². The Balaban J connectivity index is 1.92. The zero-order valence-electron chi connectivity index (χ0n) is 13.2. The highest BCUT2D eigenvalue weighted by Crippen LogP contribution is 2.24. The predicted octanol–water partition coefficient (Wildman–Crippen LogP) is 2.11. The van der Waals surface area contributed by atoms with Crippen LogP contribution in [0.4, 0.5) is 0 Å². The Morgan fingerprint density at radius 2 is 2.13 bits per heavy atom. The van der Waals surface area contributed by atoms with Crippen LogP contribution in [-0.2, 0) is 19.5 Å². The van der Waals surface area contributed by atoms with Gasteiger partial charge >= 0.3 is 5.97 Å². The number of aromatic carboxylic acids is 1. The molecule has 2 aromatic rings. The predicted molar refractivity (Wildman–Crippen MR) is 84.5 cm³/mol. The number of benzene rings is 1. The number of nitrogens with zero attached hydrogens (tertiary/aromatic N) is 3. The van der Waals surface area contributed by atoms with Gasteiger partial charge in [-0.15, -0.1) is 0 Å². The maximum absolute atomic E-state index is 12.8. The molecule has 2 heterocycles. The molecule has 0 fully saturated rings. The molecule has 6 heteroatoms. The summed E-state index contributed by atoms with van der Waals surface area (Å²) in [5.74, 6) is -1.05. The van der Waals surface area contributed by atoms with Gasteiger partial charge in [-0.25, -0.2) is 4.79 Å². The van der Waals surface area contributed by atoms with Crippen molar-refractivity contribution in [1.29, 1.82) is 0 Å². The van der Waals surface area contributed by atoms with Gasteiger partial charge < -0.3 is 10.0 Å². The van der Waals surface area contributed by atoms with Crippen LogP contribution in [0.15, 0.2) is 24.3 Å². The van der Waals surface area contributed by atoms with E-state index in [0.717, 1.165) is 16.8 Å². The molecule has 3 rings (SSSR count). The third kappa shape index (κ3) is 2.72. The zero-order valence-corrected chi connectivity index (χ0v) is 13.2. The minimum atomic E-state index is -0.953. The fourth-order valence-electron chi connectivity index (χ4n) is 3.08. The van der Waals surface area contributed by atoms with E-state index in [9.17, 15) is 14.7 Å². The van der Waals surface area contributed by atoms with Gasteiger partial charge in [0.2, 0.25) is 0 Å². The first-order valence-electron chi connectivity index (χ1n) is 7.69. The third-order valence-corrected chi connectivity index (χ3v) is 4.21. The summed E-state index contributed by atoms with van der Waals surface area (Å²) in [5.41, 5.74) is 3.38. The van der Waals surface area contributed by atoms with Gasteiger partial charge in [-0.05, 0) is 43.5 Å². The Bertz CT molecular complexity index is 779. The SMILES string of the molecule is CCn1nc(C)cc1C(=O)N1CCc2cccc(C(=O)O)c2C1. The number of carbonyl (C=O) groups is 2.